The van der Waals surface area contributed by atoms with Crippen LogP contribution in [0.3, 0.4) is 0 Å². The van der Waals surface area contributed by atoms with Gasteiger partial charge >= 0.3 is 0 Å². The molecule has 1 aliphatic heterocycles. The van der Waals surface area contributed by atoms with Gasteiger partial charge in [0, 0.05) is 45.0 Å². The molecular weight excluding hydrogens is 352 g/mol. The van der Waals surface area contributed by atoms with Crippen LogP contribution in [-0.2, 0) is 14.8 Å². The average Bonchev–Trinajstić information content (AvgIpc) is 2.63. The molecule has 1 fully saturated rings. The van der Waals surface area contributed by atoms with Crippen molar-refractivity contribution in [2.24, 2.45) is 0 Å². The summed E-state index contributed by atoms with van der Waals surface area (Å²) in [5.74, 6) is 0.620. The summed E-state index contributed by atoms with van der Waals surface area (Å²) in [6, 6.07) is 10.6. The normalized spacial score (nSPS) is 15.7. The van der Waals surface area contributed by atoms with Gasteiger partial charge in [0.25, 0.3) is 0 Å². The third-order valence-corrected chi connectivity index (χ3v) is 6.38. The number of carbonyl (C=O) groups excluding carboxylic acids is 1. The van der Waals surface area contributed by atoms with Crippen molar-refractivity contribution in [3.05, 3.63) is 48.2 Å². The van der Waals surface area contributed by atoms with Gasteiger partial charge in [0.2, 0.25) is 15.9 Å². The van der Waals surface area contributed by atoms with Crippen LogP contribution < -0.4 is 10.2 Å². The van der Waals surface area contributed by atoms with E-state index in [2.05, 4.69) is 15.2 Å². The Morgan fingerprint density at radius 2 is 1.85 bits per heavy atom. The summed E-state index contributed by atoms with van der Waals surface area (Å²) in [5, 5.41) is 2.64. The first-order valence-electron chi connectivity index (χ1n) is 8.42. The first-order chi connectivity index (χ1) is 12.4. The summed E-state index contributed by atoms with van der Waals surface area (Å²) in [5.41, 5.74) is 1.14. The van der Waals surface area contributed by atoms with Crippen LogP contribution in [0.25, 0.3) is 0 Å². The molecule has 0 radical (unpaired) electrons. The standard InChI is InChI=1S/C18H22N4O3S/c1-14-6-7-16(20-15(2)23)13-17(14)26(24,25)22-11-9-21(10-12-22)18-5-3-4-8-19-18/h3-8,13H,9-12H2,1-2H3,(H,20,23). The van der Waals surface area contributed by atoms with Crippen LogP contribution in [0.15, 0.2) is 47.5 Å². The van der Waals surface area contributed by atoms with Crippen molar-refractivity contribution >= 4 is 27.4 Å². The number of aryl methyl sites for hydroxylation is 1. The number of hydrogen-bond donors (Lipinski definition) is 1. The molecule has 0 spiro atoms. The summed E-state index contributed by atoms with van der Waals surface area (Å²) < 4.78 is 27.6. The minimum absolute atomic E-state index is 0.232. The van der Waals surface area contributed by atoms with Gasteiger partial charge in [0.15, 0.2) is 0 Å². The van der Waals surface area contributed by atoms with Gasteiger partial charge in [-0.3, -0.25) is 4.79 Å². The van der Waals surface area contributed by atoms with Crippen LogP contribution >= 0.6 is 0 Å². The first kappa shape index (κ1) is 18.3. The number of carbonyl (C=O) groups is 1. The second-order valence-corrected chi connectivity index (χ2v) is 8.15. The molecule has 0 bridgehead atoms. The Morgan fingerprint density at radius 3 is 2.46 bits per heavy atom. The maximum atomic E-state index is 13.1. The van der Waals surface area contributed by atoms with E-state index in [1.165, 1.54) is 17.3 Å². The van der Waals surface area contributed by atoms with Crippen LogP contribution in [-0.4, -0.2) is 49.8 Å². The van der Waals surface area contributed by atoms with Crippen molar-refractivity contribution in [1.82, 2.24) is 9.29 Å². The molecule has 138 valence electrons. The lowest BCUT2D eigenvalue weighted by Gasteiger charge is -2.34. The van der Waals surface area contributed by atoms with E-state index in [-0.39, 0.29) is 10.8 Å². The molecule has 0 atom stereocenters. The highest BCUT2D eigenvalue weighted by Gasteiger charge is 2.30. The highest BCUT2D eigenvalue weighted by Crippen LogP contribution is 2.25. The van der Waals surface area contributed by atoms with E-state index in [0.717, 1.165) is 5.82 Å². The number of rotatable bonds is 4. The Bertz CT molecular complexity index is 892. The number of hydrogen-bond acceptors (Lipinski definition) is 5. The van der Waals surface area contributed by atoms with Crippen LogP contribution in [0.5, 0.6) is 0 Å². The van der Waals surface area contributed by atoms with Gasteiger partial charge in [0.1, 0.15) is 5.82 Å². The van der Waals surface area contributed by atoms with E-state index in [1.54, 1.807) is 25.3 Å². The predicted molar refractivity (Wildman–Crippen MR) is 101 cm³/mol. The van der Waals surface area contributed by atoms with E-state index in [4.69, 9.17) is 0 Å². The topological polar surface area (TPSA) is 82.6 Å². The maximum Gasteiger partial charge on any atom is 0.243 e. The van der Waals surface area contributed by atoms with Gasteiger partial charge < -0.3 is 10.2 Å². The zero-order valence-corrected chi connectivity index (χ0v) is 15.7. The van der Waals surface area contributed by atoms with Crippen molar-refractivity contribution in [2.75, 3.05) is 36.4 Å². The minimum Gasteiger partial charge on any atom is -0.354 e. The predicted octanol–water partition coefficient (Wildman–Crippen LogP) is 1.86. The molecule has 1 saturated heterocycles. The molecular formula is C18H22N4O3S. The van der Waals surface area contributed by atoms with Crippen LogP contribution in [0, 0.1) is 6.92 Å². The zero-order valence-electron chi connectivity index (χ0n) is 14.8. The van der Waals surface area contributed by atoms with Crippen molar-refractivity contribution < 1.29 is 13.2 Å². The van der Waals surface area contributed by atoms with Gasteiger partial charge in [-0.05, 0) is 36.8 Å². The molecule has 1 aromatic heterocycles. The van der Waals surface area contributed by atoms with Gasteiger partial charge in [-0.25, -0.2) is 13.4 Å². The van der Waals surface area contributed by atoms with E-state index in [0.29, 0.717) is 37.4 Å². The number of pyridine rings is 1. The number of piperazine rings is 1. The molecule has 1 aromatic carbocycles. The SMILES string of the molecule is CC(=O)Nc1ccc(C)c(S(=O)(=O)N2CCN(c3ccccn3)CC2)c1. The summed E-state index contributed by atoms with van der Waals surface area (Å²) >= 11 is 0. The summed E-state index contributed by atoms with van der Waals surface area (Å²) in [6.45, 7) is 5.10. The van der Waals surface area contributed by atoms with Crippen molar-refractivity contribution in [3.8, 4) is 0 Å². The van der Waals surface area contributed by atoms with Crippen molar-refractivity contribution in [1.29, 1.82) is 0 Å². The number of nitrogens with zero attached hydrogens (tertiary/aromatic N) is 3. The fraction of sp³-hybridized carbons (Fsp3) is 0.333. The number of anilines is 2. The number of sulfonamides is 1. The molecule has 2 aromatic rings. The summed E-state index contributed by atoms with van der Waals surface area (Å²) in [7, 11) is -3.62. The average molecular weight is 374 g/mol. The second-order valence-electron chi connectivity index (χ2n) is 6.24. The summed E-state index contributed by atoms with van der Waals surface area (Å²) in [6.07, 6.45) is 1.73. The Kier molecular flexibility index (Phi) is 5.24. The molecule has 1 aliphatic rings. The molecule has 1 amide bonds. The molecule has 7 nitrogen and oxygen atoms in total. The number of aromatic nitrogens is 1. The fourth-order valence-electron chi connectivity index (χ4n) is 3.00. The Morgan fingerprint density at radius 1 is 1.12 bits per heavy atom. The maximum absolute atomic E-state index is 13.1. The Balaban J connectivity index is 1.78. The number of nitrogens with one attached hydrogen (secondary N) is 1. The smallest absolute Gasteiger partial charge is 0.243 e. The quantitative estimate of drug-likeness (QED) is 0.883. The van der Waals surface area contributed by atoms with E-state index in [9.17, 15) is 13.2 Å². The molecule has 3 rings (SSSR count). The van der Waals surface area contributed by atoms with E-state index in [1.807, 2.05) is 18.2 Å². The third kappa shape index (κ3) is 3.86. The first-order valence-corrected chi connectivity index (χ1v) is 9.86. The van der Waals surface area contributed by atoms with Crippen LogP contribution in [0.2, 0.25) is 0 Å². The minimum atomic E-state index is -3.62. The highest BCUT2D eigenvalue weighted by molar-refractivity contribution is 7.89. The summed E-state index contributed by atoms with van der Waals surface area (Å²) in [4.78, 5) is 17.9. The molecule has 8 heteroatoms. The van der Waals surface area contributed by atoms with Crippen molar-refractivity contribution in [3.63, 3.8) is 0 Å². The van der Waals surface area contributed by atoms with E-state index < -0.39 is 10.0 Å². The zero-order chi connectivity index (χ0) is 18.7. The Labute approximate surface area is 153 Å². The molecule has 0 unspecified atom stereocenters. The van der Waals surface area contributed by atoms with Crippen LogP contribution in [0.4, 0.5) is 11.5 Å². The van der Waals surface area contributed by atoms with Crippen molar-refractivity contribution in [2.45, 2.75) is 18.7 Å². The number of benzene rings is 1. The third-order valence-electron chi connectivity index (χ3n) is 4.34. The Hall–Kier alpha value is -2.45. The monoisotopic (exact) mass is 374 g/mol. The fourth-order valence-corrected chi connectivity index (χ4v) is 4.67. The van der Waals surface area contributed by atoms with Gasteiger partial charge in [0.05, 0.1) is 4.90 Å². The lowest BCUT2D eigenvalue weighted by Crippen LogP contribution is -2.49. The van der Waals surface area contributed by atoms with Gasteiger partial charge in [-0.1, -0.05) is 12.1 Å². The highest BCUT2D eigenvalue weighted by atomic mass is 32.2. The second kappa shape index (κ2) is 7.43. The van der Waals surface area contributed by atoms with Gasteiger partial charge in [-0.2, -0.15) is 4.31 Å². The largest absolute Gasteiger partial charge is 0.354 e. The van der Waals surface area contributed by atoms with Gasteiger partial charge in [-0.15, -0.1) is 0 Å². The molecule has 0 saturated carbocycles. The lowest BCUT2D eigenvalue weighted by molar-refractivity contribution is -0.114. The molecule has 1 N–H and O–H groups in total. The van der Waals surface area contributed by atoms with Crippen LogP contribution in [0.1, 0.15) is 12.5 Å². The molecule has 26 heavy (non-hydrogen) atoms. The molecule has 2 heterocycles. The number of amides is 1. The van der Waals surface area contributed by atoms with E-state index >= 15 is 0 Å². The molecule has 0 aliphatic carbocycles. The lowest BCUT2D eigenvalue weighted by atomic mass is 10.2.